The molecule has 0 bridgehead atoms. The standard InChI is InChI=1S/C16H20BNO2/c1-11-6-7-14-12(10-11)13(8-9-18-14)17-19-15(2,3)16(4,5)20-17/h6-10H,1-5H3. The van der Waals surface area contributed by atoms with E-state index in [2.05, 4.69) is 51.7 Å². The number of aromatic nitrogens is 1. The van der Waals surface area contributed by atoms with Crippen LogP contribution >= 0.6 is 0 Å². The fourth-order valence-corrected chi connectivity index (χ4v) is 2.46. The van der Waals surface area contributed by atoms with Gasteiger partial charge in [0.1, 0.15) is 0 Å². The van der Waals surface area contributed by atoms with Gasteiger partial charge in [-0.3, -0.25) is 4.98 Å². The van der Waals surface area contributed by atoms with Crippen LogP contribution in [0.4, 0.5) is 0 Å². The molecule has 0 aliphatic carbocycles. The van der Waals surface area contributed by atoms with Crippen molar-refractivity contribution in [3.05, 3.63) is 36.0 Å². The third-order valence-corrected chi connectivity index (χ3v) is 4.44. The van der Waals surface area contributed by atoms with Crippen molar-refractivity contribution < 1.29 is 9.31 Å². The number of pyridine rings is 1. The van der Waals surface area contributed by atoms with Crippen LogP contribution in [0.2, 0.25) is 0 Å². The topological polar surface area (TPSA) is 31.4 Å². The second-order valence-electron chi connectivity index (χ2n) is 6.51. The Bertz CT molecular complexity index is 651. The molecule has 20 heavy (non-hydrogen) atoms. The fraction of sp³-hybridized carbons (Fsp3) is 0.438. The van der Waals surface area contributed by atoms with E-state index in [9.17, 15) is 0 Å². The van der Waals surface area contributed by atoms with Crippen LogP contribution in [0.1, 0.15) is 33.3 Å². The van der Waals surface area contributed by atoms with E-state index < -0.39 is 0 Å². The molecule has 0 saturated carbocycles. The van der Waals surface area contributed by atoms with Gasteiger partial charge in [0.25, 0.3) is 0 Å². The summed E-state index contributed by atoms with van der Waals surface area (Å²) in [6.07, 6.45) is 1.82. The first-order chi connectivity index (χ1) is 9.30. The van der Waals surface area contributed by atoms with E-state index in [4.69, 9.17) is 9.31 Å². The quantitative estimate of drug-likeness (QED) is 0.746. The molecule has 104 valence electrons. The van der Waals surface area contributed by atoms with Gasteiger partial charge in [-0.25, -0.2) is 0 Å². The summed E-state index contributed by atoms with van der Waals surface area (Å²) in [6, 6.07) is 8.25. The average molecular weight is 269 g/mol. The zero-order valence-electron chi connectivity index (χ0n) is 12.7. The van der Waals surface area contributed by atoms with Crippen molar-refractivity contribution >= 4 is 23.5 Å². The summed E-state index contributed by atoms with van der Waals surface area (Å²) in [5.74, 6) is 0. The van der Waals surface area contributed by atoms with E-state index >= 15 is 0 Å². The summed E-state index contributed by atoms with van der Waals surface area (Å²) in [7, 11) is -0.340. The fourth-order valence-electron chi connectivity index (χ4n) is 2.46. The van der Waals surface area contributed by atoms with Gasteiger partial charge in [-0.15, -0.1) is 0 Å². The minimum absolute atomic E-state index is 0.322. The molecular weight excluding hydrogens is 249 g/mol. The lowest BCUT2D eigenvalue weighted by molar-refractivity contribution is 0.00578. The summed E-state index contributed by atoms with van der Waals surface area (Å²) in [4.78, 5) is 4.42. The van der Waals surface area contributed by atoms with E-state index in [0.717, 1.165) is 16.4 Å². The van der Waals surface area contributed by atoms with Crippen molar-refractivity contribution in [1.82, 2.24) is 4.98 Å². The molecule has 1 aliphatic heterocycles. The van der Waals surface area contributed by atoms with Gasteiger partial charge in [0.2, 0.25) is 0 Å². The van der Waals surface area contributed by atoms with Gasteiger partial charge in [-0.2, -0.15) is 0 Å². The van der Waals surface area contributed by atoms with E-state index in [1.165, 1.54) is 5.56 Å². The van der Waals surface area contributed by atoms with E-state index in [-0.39, 0.29) is 18.3 Å². The van der Waals surface area contributed by atoms with Gasteiger partial charge in [0.15, 0.2) is 0 Å². The zero-order valence-corrected chi connectivity index (χ0v) is 12.7. The largest absolute Gasteiger partial charge is 0.495 e. The lowest BCUT2D eigenvalue weighted by atomic mass is 9.77. The van der Waals surface area contributed by atoms with E-state index in [1.807, 2.05) is 18.3 Å². The Kier molecular flexibility index (Phi) is 2.92. The predicted molar refractivity (Wildman–Crippen MR) is 82.2 cm³/mol. The van der Waals surface area contributed by atoms with Crippen molar-refractivity contribution in [2.75, 3.05) is 0 Å². The van der Waals surface area contributed by atoms with E-state index in [0.29, 0.717) is 0 Å². The maximum Gasteiger partial charge on any atom is 0.495 e. The smallest absolute Gasteiger partial charge is 0.399 e. The number of nitrogens with zero attached hydrogens (tertiary/aromatic N) is 1. The van der Waals surface area contributed by atoms with Crippen LogP contribution in [0.25, 0.3) is 10.9 Å². The number of rotatable bonds is 1. The first kappa shape index (κ1) is 13.6. The molecule has 2 aromatic rings. The molecule has 0 amide bonds. The number of fused-ring (bicyclic) bond motifs is 1. The van der Waals surface area contributed by atoms with Gasteiger partial charge < -0.3 is 9.31 Å². The molecule has 3 nitrogen and oxygen atoms in total. The number of aryl methyl sites for hydroxylation is 1. The zero-order chi connectivity index (χ0) is 14.5. The van der Waals surface area contributed by atoms with Crippen molar-refractivity contribution in [3.63, 3.8) is 0 Å². The Balaban J connectivity index is 2.10. The summed E-state index contributed by atoms with van der Waals surface area (Å²) in [6.45, 7) is 10.4. The van der Waals surface area contributed by atoms with Gasteiger partial charge in [0, 0.05) is 11.6 Å². The summed E-state index contributed by atoms with van der Waals surface area (Å²) < 4.78 is 12.3. The Morgan fingerprint density at radius 2 is 1.65 bits per heavy atom. The molecular formula is C16H20BNO2. The molecule has 4 heteroatoms. The van der Waals surface area contributed by atoms with Crippen LogP contribution in [0, 0.1) is 6.92 Å². The van der Waals surface area contributed by atoms with Gasteiger partial charge in [-0.05, 0) is 52.2 Å². The Morgan fingerprint density at radius 3 is 2.30 bits per heavy atom. The van der Waals surface area contributed by atoms with Crippen molar-refractivity contribution in [3.8, 4) is 0 Å². The number of benzene rings is 1. The highest BCUT2D eigenvalue weighted by molar-refractivity contribution is 6.65. The highest BCUT2D eigenvalue weighted by Gasteiger charge is 2.52. The third-order valence-electron chi connectivity index (χ3n) is 4.44. The minimum atomic E-state index is -0.340. The molecule has 0 unspecified atom stereocenters. The van der Waals surface area contributed by atoms with Gasteiger partial charge in [-0.1, -0.05) is 17.7 Å². The number of hydrogen-bond donors (Lipinski definition) is 0. The van der Waals surface area contributed by atoms with Crippen LogP contribution in [0.5, 0.6) is 0 Å². The Labute approximate surface area is 120 Å². The van der Waals surface area contributed by atoms with Gasteiger partial charge >= 0.3 is 7.12 Å². The molecule has 1 aliphatic rings. The molecule has 3 rings (SSSR count). The van der Waals surface area contributed by atoms with E-state index in [1.54, 1.807) is 0 Å². The minimum Gasteiger partial charge on any atom is -0.399 e. The van der Waals surface area contributed by atoms with Crippen LogP contribution in [0.15, 0.2) is 30.5 Å². The van der Waals surface area contributed by atoms with Crippen molar-refractivity contribution in [1.29, 1.82) is 0 Å². The molecule has 1 aromatic heterocycles. The number of hydrogen-bond acceptors (Lipinski definition) is 3. The van der Waals surface area contributed by atoms with Crippen molar-refractivity contribution in [2.45, 2.75) is 45.8 Å². The lowest BCUT2D eigenvalue weighted by Gasteiger charge is -2.32. The van der Waals surface area contributed by atoms with Crippen LogP contribution < -0.4 is 5.46 Å². The average Bonchev–Trinajstić information content (AvgIpc) is 2.57. The normalized spacial score (nSPS) is 20.6. The lowest BCUT2D eigenvalue weighted by Crippen LogP contribution is -2.41. The van der Waals surface area contributed by atoms with Crippen LogP contribution in [0.3, 0.4) is 0 Å². The maximum atomic E-state index is 6.15. The predicted octanol–water partition coefficient (Wildman–Crippen LogP) is 2.84. The molecule has 0 radical (unpaired) electrons. The SMILES string of the molecule is Cc1ccc2nccc(B3OC(C)(C)C(C)(C)O3)c2c1. The summed E-state index contributed by atoms with van der Waals surface area (Å²) in [5.41, 5.74) is 2.59. The van der Waals surface area contributed by atoms with Crippen LogP contribution in [-0.2, 0) is 9.31 Å². The Morgan fingerprint density at radius 1 is 1.00 bits per heavy atom. The maximum absolute atomic E-state index is 6.15. The van der Waals surface area contributed by atoms with Gasteiger partial charge in [0.05, 0.1) is 16.7 Å². The van der Waals surface area contributed by atoms with Crippen molar-refractivity contribution in [2.24, 2.45) is 0 Å². The highest BCUT2D eigenvalue weighted by Crippen LogP contribution is 2.36. The molecule has 1 aromatic carbocycles. The molecule has 2 heterocycles. The third kappa shape index (κ3) is 2.04. The second-order valence-corrected chi connectivity index (χ2v) is 6.51. The summed E-state index contributed by atoms with van der Waals surface area (Å²) in [5, 5.41) is 1.10. The van der Waals surface area contributed by atoms with Crippen LogP contribution in [-0.4, -0.2) is 23.3 Å². The molecule has 0 N–H and O–H groups in total. The molecule has 0 spiro atoms. The monoisotopic (exact) mass is 269 g/mol. The first-order valence-corrected chi connectivity index (χ1v) is 7.01. The second kappa shape index (κ2) is 4.30. The molecule has 1 saturated heterocycles. The Hall–Kier alpha value is -1.39. The summed E-state index contributed by atoms with van der Waals surface area (Å²) >= 11 is 0. The molecule has 0 atom stereocenters. The first-order valence-electron chi connectivity index (χ1n) is 7.01. The molecule has 1 fully saturated rings. The highest BCUT2D eigenvalue weighted by atomic mass is 16.7.